The van der Waals surface area contributed by atoms with E-state index in [2.05, 4.69) is 12.2 Å². The van der Waals surface area contributed by atoms with Crippen LogP contribution in [0.4, 0.5) is 5.69 Å². The molecule has 0 unspecified atom stereocenters. The van der Waals surface area contributed by atoms with Crippen LogP contribution in [0.25, 0.3) is 0 Å². The fourth-order valence-electron chi connectivity index (χ4n) is 2.71. The first-order chi connectivity index (χ1) is 10.7. The summed E-state index contributed by atoms with van der Waals surface area (Å²) in [4.78, 5) is 26.1. The molecule has 2 amide bonds. The Morgan fingerprint density at radius 1 is 1.05 bits per heavy atom. The molecule has 1 N–H and O–H groups in total. The molecular weight excluding hydrogens is 276 g/mol. The highest BCUT2D eigenvalue weighted by Crippen LogP contribution is 2.16. The molecule has 0 bridgehead atoms. The molecule has 0 atom stereocenters. The lowest BCUT2D eigenvalue weighted by atomic mass is 10.1. The van der Waals surface area contributed by atoms with E-state index in [0.29, 0.717) is 12.0 Å². The van der Waals surface area contributed by atoms with E-state index in [4.69, 9.17) is 0 Å². The highest BCUT2D eigenvalue weighted by atomic mass is 16.2. The molecule has 1 aliphatic heterocycles. The van der Waals surface area contributed by atoms with Crippen molar-refractivity contribution in [3.8, 4) is 0 Å². The van der Waals surface area contributed by atoms with Crippen LogP contribution in [0, 0.1) is 0 Å². The third kappa shape index (κ3) is 4.86. The second kappa shape index (κ2) is 8.57. The lowest BCUT2D eigenvalue weighted by Crippen LogP contribution is -2.31. The summed E-state index contributed by atoms with van der Waals surface area (Å²) in [5.41, 5.74) is 1.46. The number of hydrogen-bond donors (Lipinski definition) is 1. The van der Waals surface area contributed by atoms with Crippen molar-refractivity contribution >= 4 is 17.5 Å². The van der Waals surface area contributed by atoms with Crippen LogP contribution in [0.3, 0.4) is 0 Å². The van der Waals surface area contributed by atoms with Crippen molar-refractivity contribution in [1.82, 2.24) is 4.90 Å². The molecule has 22 heavy (non-hydrogen) atoms. The topological polar surface area (TPSA) is 49.4 Å². The average molecular weight is 302 g/mol. The van der Waals surface area contributed by atoms with E-state index < -0.39 is 0 Å². The number of carbonyl (C=O) groups is 2. The second-order valence-corrected chi connectivity index (χ2v) is 5.94. The van der Waals surface area contributed by atoms with Crippen molar-refractivity contribution in [2.75, 3.05) is 18.4 Å². The number of unbranched alkanes of at least 4 members (excludes halogenated alkanes) is 1. The number of anilines is 1. The Kier molecular flexibility index (Phi) is 6.44. The molecule has 1 aromatic rings. The molecule has 120 valence electrons. The number of likely N-dealkylation sites (tertiary alicyclic amines) is 1. The number of benzene rings is 1. The molecule has 2 rings (SSSR count). The van der Waals surface area contributed by atoms with Gasteiger partial charge in [0.2, 0.25) is 5.91 Å². The zero-order chi connectivity index (χ0) is 15.8. The monoisotopic (exact) mass is 302 g/mol. The molecule has 0 spiro atoms. The normalized spacial score (nSPS) is 15.2. The molecule has 0 aliphatic carbocycles. The van der Waals surface area contributed by atoms with Crippen molar-refractivity contribution in [2.24, 2.45) is 0 Å². The summed E-state index contributed by atoms with van der Waals surface area (Å²) >= 11 is 0. The van der Waals surface area contributed by atoms with Gasteiger partial charge in [0.25, 0.3) is 5.91 Å². The van der Waals surface area contributed by atoms with Gasteiger partial charge in [-0.1, -0.05) is 26.2 Å². The first-order valence-electron chi connectivity index (χ1n) is 8.40. The van der Waals surface area contributed by atoms with Gasteiger partial charge in [-0.25, -0.2) is 0 Å². The van der Waals surface area contributed by atoms with E-state index in [9.17, 15) is 9.59 Å². The second-order valence-electron chi connectivity index (χ2n) is 5.94. The number of nitrogens with one attached hydrogen (secondary N) is 1. The number of rotatable bonds is 5. The standard InChI is InChI=1S/C18H26N2O2/c1-2-3-8-17(21)19-16-11-9-15(10-12-16)18(22)20-13-6-4-5-7-14-20/h9-12H,2-8,13-14H2,1H3,(H,19,21). The van der Waals surface area contributed by atoms with Gasteiger partial charge >= 0.3 is 0 Å². The predicted molar refractivity (Wildman–Crippen MR) is 89.0 cm³/mol. The Labute approximate surface area is 132 Å². The van der Waals surface area contributed by atoms with Crippen LogP contribution >= 0.6 is 0 Å². The SMILES string of the molecule is CCCCC(=O)Nc1ccc(C(=O)N2CCCCCC2)cc1. The van der Waals surface area contributed by atoms with Crippen molar-refractivity contribution < 1.29 is 9.59 Å². The molecule has 0 saturated carbocycles. The van der Waals surface area contributed by atoms with Crippen molar-refractivity contribution in [1.29, 1.82) is 0 Å². The van der Waals surface area contributed by atoms with Gasteiger partial charge in [0, 0.05) is 30.8 Å². The van der Waals surface area contributed by atoms with Crippen LogP contribution in [0.2, 0.25) is 0 Å². The lowest BCUT2D eigenvalue weighted by Gasteiger charge is -2.20. The minimum absolute atomic E-state index is 0.0356. The first-order valence-corrected chi connectivity index (χ1v) is 8.40. The number of hydrogen-bond acceptors (Lipinski definition) is 2. The lowest BCUT2D eigenvalue weighted by molar-refractivity contribution is -0.116. The van der Waals surface area contributed by atoms with E-state index in [1.165, 1.54) is 12.8 Å². The van der Waals surface area contributed by atoms with Crippen LogP contribution in [0.5, 0.6) is 0 Å². The van der Waals surface area contributed by atoms with Gasteiger partial charge in [0.15, 0.2) is 0 Å². The van der Waals surface area contributed by atoms with E-state index in [-0.39, 0.29) is 11.8 Å². The maximum absolute atomic E-state index is 12.5. The smallest absolute Gasteiger partial charge is 0.253 e. The summed E-state index contributed by atoms with van der Waals surface area (Å²) in [5, 5.41) is 2.87. The molecule has 1 aliphatic rings. The number of amides is 2. The van der Waals surface area contributed by atoms with Gasteiger partial charge in [-0.15, -0.1) is 0 Å². The van der Waals surface area contributed by atoms with Crippen LogP contribution < -0.4 is 5.32 Å². The van der Waals surface area contributed by atoms with Crippen LogP contribution in [0.1, 0.15) is 62.2 Å². The molecular formula is C18H26N2O2. The van der Waals surface area contributed by atoms with E-state index >= 15 is 0 Å². The predicted octanol–water partition coefficient (Wildman–Crippen LogP) is 3.83. The summed E-state index contributed by atoms with van der Waals surface area (Å²) in [6, 6.07) is 7.25. The maximum Gasteiger partial charge on any atom is 0.253 e. The highest BCUT2D eigenvalue weighted by Gasteiger charge is 2.17. The quantitative estimate of drug-likeness (QED) is 0.898. The summed E-state index contributed by atoms with van der Waals surface area (Å²) in [7, 11) is 0. The van der Waals surface area contributed by atoms with E-state index in [1.54, 1.807) is 0 Å². The molecule has 4 heteroatoms. The third-order valence-electron chi connectivity index (χ3n) is 4.07. The summed E-state index contributed by atoms with van der Waals surface area (Å²) in [6.45, 7) is 3.78. The molecule has 1 heterocycles. The van der Waals surface area contributed by atoms with Gasteiger partial charge in [-0.2, -0.15) is 0 Å². The summed E-state index contributed by atoms with van der Waals surface area (Å²) < 4.78 is 0. The largest absolute Gasteiger partial charge is 0.339 e. The van der Waals surface area contributed by atoms with Crippen molar-refractivity contribution in [3.05, 3.63) is 29.8 Å². The van der Waals surface area contributed by atoms with Crippen molar-refractivity contribution in [2.45, 2.75) is 51.9 Å². The van der Waals surface area contributed by atoms with Gasteiger partial charge in [0.05, 0.1) is 0 Å². The molecule has 4 nitrogen and oxygen atoms in total. The molecule has 1 saturated heterocycles. The average Bonchev–Trinajstić information content (AvgIpc) is 2.82. The van der Waals surface area contributed by atoms with Gasteiger partial charge < -0.3 is 10.2 Å². The number of carbonyl (C=O) groups excluding carboxylic acids is 2. The molecule has 0 aromatic heterocycles. The highest BCUT2D eigenvalue weighted by molar-refractivity contribution is 5.95. The zero-order valence-electron chi connectivity index (χ0n) is 13.4. The van der Waals surface area contributed by atoms with Gasteiger partial charge in [-0.3, -0.25) is 9.59 Å². The van der Waals surface area contributed by atoms with Crippen LogP contribution in [0.15, 0.2) is 24.3 Å². The third-order valence-corrected chi connectivity index (χ3v) is 4.07. The summed E-state index contributed by atoms with van der Waals surface area (Å²) in [6.07, 6.45) is 7.08. The molecule has 1 fully saturated rings. The Bertz CT molecular complexity index is 488. The molecule has 0 radical (unpaired) electrons. The Morgan fingerprint density at radius 3 is 2.27 bits per heavy atom. The van der Waals surface area contributed by atoms with Crippen LogP contribution in [-0.4, -0.2) is 29.8 Å². The Balaban J connectivity index is 1.92. The van der Waals surface area contributed by atoms with Gasteiger partial charge in [-0.05, 0) is 43.5 Å². The summed E-state index contributed by atoms with van der Waals surface area (Å²) in [5.74, 6) is 0.138. The van der Waals surface area contributed by atoms with E-state index in [1.807, 2.05) is 29.2 Å². The fourth-order valence-corrected chi connectivity index (χ4v) is 2.71. The fraction of sp³-hybridized carbons (Fsp3) is 0.556. The van der Waals surface area contributed by atoms with Crippen LogP contribution in [-0.2, 0) is 4.79 Å². The Morgan fingerprint density at radius 2 is 1.68 bits per heavy atom. The van der Waals surface area contributed by atoms with Gasteiger partial charge in [0.1, 0.15) is 0 Å². The zero-order valence-corrected chi connectivity index (χ0v) is 13.4. The molecule has 1 aromatic carbocycles. The van der Waals surface area contributed by atoms with E-state index in [0.717, 1.165) is 44.5 Å². The number of nitrogens with zero attached hydrogens (tertiary/aromatic N) is 1. The minimum atomic E-state index is 0.0356. The Hall–Kier alpha value is -1.84. The van der Waals surface area contributed by atoms with Crippen molar-refractivity contribution in [3.63, 3.8) is 0 Å². The minimum Gasteiger partial charge on any atom is -0.339 e. The maximum atomic E-state index is 12.5. The first kappa shape index (κ1) is 16.5.